The van der Waals surface area contributed by atoms with Crippen molar-refractivity contribution in [2.24, 2.45) is 11.7 Å². The van der Waals surface area contributed by atoms with E-state index in [1.54, 1.807) is 0 Å². The van der Waals surface area contributed by atoms with Crippen LogP contribution < -0.4 is 10.5 Å². The van der Waals surface area contributed by atoms with Gasteiger partial charge in [0, 0.05) is 12.6 Å². The van der Waals surface area contributed by atoms with Crippen LogP contribution in [0.3, 0.4) is 0 Å². The van der Waals surface area contributed by atoms with Crippen LogP contribution in [0.15, 0.2) is 20.0 Å². The fourth-order valence-electron chi connectivity index (χ4n) is 2.38. The Balaban J connectivity index is 2.02. The van der Waals surface area contributed by atoms with Crippen molar-refractivity contribution in [1.29, 1.82) is 0 Å². The summed E-state index contributed by atoms with van der Waals surface area (Å²) in [7, 11) is -3.53. The van der Waals surface area contributed by atoms with E-state index in [9.17, 15) is 8.42 Å². The predicted molar refractivity (Wildman–Crippen MR) is 76.1 cm³/mol. The number of nitrogens with one attached hydrogen (secondary N) is 1. The van der Waals surface area contributed by atoms with Gasteiger partial charge in [0.1, 0.15) is 10.7 Å². The van der Waals surface area contributed by atoms with Crippen LogP contribution in [0.2, 0.25) is 0 Å². The smallest absolute Gasteiger partial charge is 0.244 e. The number of rotatable bonds is 5. The van der Waals surface area contributed by atoms with E-state index in [2.05, 4.69) is 20.7 Å². The minimum atomic E-state index is -3.53. The summed E-state index contributed by atoms with van der Waals surface area (Å²) in [6, 6.07) is 1.47. The Morgan fingerprint density at radius 3 is 2.63 bits per heavy atom. The van der Waals surface area contributed by atoms with Gasteiger partial charge in [-0.3, -0.25) is 0 Å². The van der Waals surface area contributed by atoms with Gasteiger partial charge in [0.15, 0.2) is 4.67 Å². The maximum Gasteiger partial charge on any atom is 0.244 e. The molecule has 0 atom stereocenters. The maximum atomic E-state index is 12.2. The Morgan fingerprint density at radius 2 is 2.05 bits per heavy atom. The summed E-state index contributed by atoms with van der Waals surface area (Å²) in [5, 5.41) is 0. The highest BCUT2D eigenvalue weighted by Gasteiger charge is 2.23. The van der Waals surface area contributed by atoms with Crippen LogP contribution in [0.1, 0.15) is 37.9 Å². The highest BCUT2D eigenvalue weighted by Crippen LogP contribution is 2.27. The SMILES string of the molecule is NCc1cc(S(=O)(=O)NCC2CCCCC2)c(Br)o1. The van der Waals surface area contributed by atoms with Gasteiger partial charge in [0.25, 0.3) is 0 Å². The number of halogens is 1. The molecule has 1 aromatic rings. The molecule has 0 amide bonds. The molecule has 1 fully saturated rings. The van der Waals surface area contributed by atoms with Crippen LogP contribution in [-0.2, 0) is 16.6 Å². The van der Waals surface area contributed by atoms with Gasteiger partial charge in [-0.1, -0.05) is 19.3 Å². The molecule has 0 saturated heterocycles. The molecule has 0 aliphatic heterocycles. The third kappa shape index (κ3) is 3.81. The average Bonchev–Trinajstić information content (AvgIpc) is 2.80. The van der Waals surface area contributed by atoms with Crippen molar-refractivity contribution >= 4 is 26.0 Å². The van der Waals surface area contributed by atoms with Gasteiger partial charge in [0.2, 0.25) is 10.0 Å². The Hall–Kier alpha value is -0.370. The van der Waals surface area contributed by atoms with Crippen LogP contribution in [-0.4, -0.2) is 15.0 Å². The minimum absolute atomic E-state index is 0.128. The summed E-state index contributed by atoms with van der Waals surface area (Å²) in [5.41, 5.74) is 5.44. The standard InChI is InChI=1S/C12H19BrN2O3S/c13-12-11(6-10(7-14)18-12)19(16,17)15-8-9-4-2-1-3-5-9/h6,9,15H,1-5,7-8,14H2. The monoisotopic (exact) mass is 350 g/mol. The van der Waals surface area contributed by atoms with Crippen molar-refractivity contribution in [3.8, 4) is 0 Å². The molecule has 0 unspecified atom stereocenters. The van der Waals surface area contributed by atoms with Crippen LogP contribution in [0.5, 0.6) is 0 Å². The molecule has 0 radical (unpaired) electrons. The molecular formula is C12H19BrN2O3S. The molecule has 1 saturated carbocycles. The molecular weight excluding hydrogens is 332 g/mol. The van der Waals surface area contributed by atoms with Crippen molar-refractivity contribution in [2.75, 3.05) is 6.54 Å². The summed E-state index contributed by atoms with van der Waals surface area (Å²) in [6.45, 7) is 0.675. The van der Waals surface area contributed by atoms with E-state index in [-0.39, 0.29) is 16.1 Å². The third-order valence-corrected chi connectivity index (χ3v) is 5.76. The Morgan fingerprint density at radius 1 is 1.37 bits per heavy atom. The summed E-state index contributed by atoms with van der Waals surface area (Å²) in [4.78, 5) is 0.128. The lowest BCUT2D eigenvalue weighted by atomic mass is 9.90. The molecule has 0 bridgehead atoms. The number of sulfonamides is 1. The zero-order chi connectivity index (χ0) is 13.9. The van der Waals surface area contributed by atoms with Gasteiger partial charge < -0.3 is 10.2 Å². The van der Waals surface area contributed by atoms with Crippen LogP contribution >= 0.6 is 15.9 Å². The molecule has 19 heavy (non-hydrogen) atoms. The minimum Gasteiger partial charge on any atom is -0.452 e. The second-order valence-electron chi connectivity index (χ2n) is 4.91. The van der Waals surface area contributed by atoms with Gasteiger partial charge >= 0.3 is 0 Å². The first-order valence-corrected chi connectivity index (χ1v) is 8.78. The Bertz CT molecular complexity index is 521. The fraction of sp³-hybridized carbons (Fsp3) is 0.667. The van der Waals surface area contributed by atoms with E-state index in [1.165, 1.54) is 25.3 Å². The highest BCUT2D eigenvalue weighted by molar-refractivity contribution is 9.10. The van der Waals surface area contributed by atoms with Gasteiger partial charge in [-0.2, -0.15) is 0 Å². The predicted octanol–water partition coefficient (Wildman–Crippen LogP) is 2.36. The molecule has 1 aromatic heterocycles. The number of hydrogen-bond acceptors (Lipinski definition) is 4. The Kier molecular flexibility index (Phi) is 5.05. The number of nitrogens with two attached hydrogens (primary N) is 1. The van der Waals surface area contributed by atoms with E-state index in [0.29, 0.717) is 18.2 Å². The van der Waals surface area contributed by atoms with Crippen molar-refractivity contribution < 1.29 is 12.8 Å². The van der Waals surface area contributed by atoms with E-state index in [1.807, 2.05) is 0 Å². The van der Waals surface area contributed by atoms with Gasteiger partial charge in [-0.15, -0.1) is 0 Å². The second kappa shape index (κ2) is 6.39. The molecule has 1 aliphatic carbocycles. The van der Waals surface area contributed by atoms with Gasteiger partial charge in [-0.25, -0.2) is 13.1 Å². The summed E-state index contributed by atoms with van der Waals surface area (Å²) >= 11 is 3.12. The first-order chi connectivity index (χ1) is 9.03. The zero-order valence-electron chi connectivity index (χ0n) is 10.7. The highest BCUT2D eigenvalue weighted by atomic mass is 79.9. The summed E-state index contributed by atoms with van der Waals surface area (Å²) in [5.74, 6) is 0.896. The molecule has 0 spiro atoms. The molecule has 108 valence electrons. The van der Waals surface area contributed by atoms with E-state index >= 15 is 0 Å². The topological polar surface area (TPSA) is 85.3 Å². The average molecular weight is 351 g/mol. The van der Waals surface area contributed by atoms with Gasteiger partial charge in [0.05, 0.1) is 6.54 Å². The number of hydrogen-bond donors (Lipinski definition) is 2. The molecule has 1 aliphatic rings. The molecule has 5 nitrogen and oxygen atoms in total. The van der Waals surface area contributed by atoms with Crippen molar-refractivity contribution in [2.45, 2.75) is 43.5 Å². The number of furan rings is 1. The third-order valence-electron chi connectivity index (χ3n) is 3.48. The fourth-order valence-corrected chi connectivity index (χ4v) is 4.49. The lowest BCUT2D eigenvalue weighted by Crippen LogP contribution is -2.30. The van der Waals surface area contributed by atoms with Crippen LogP contribution in [0, 0.1) is 5.92 Å². The molecule has 1 heterocycles. The first-order valence-electron chi connectivity index (χ1n) is 6.51. The van der Waals surface area contributed by atoms with E-state index in [0.717, 1.165) is 12.8 Å². The zero-order valence-corrected chi connectivity index (χ0v) is 13.1. The van der Waals surface area contributed by atoms with Crippen molar-refractivity contribution in [1.82, 2.24) is 4.72 Å². The lowest BCUT2D eigenvalue weighted by molar-refractivity contribution is 0.357. The summed E-state index contributed by atoms with van der Waals surface area (Å²) < 4.78 is 32.5. The van der Waals surface area contributed by atoms with Crippen LogP contribution in [0.25, 0.3) is 0 Å². The van der Waals surface area contributed by atoms with E-state index in [4.69, 9.17) is 10.2 Å². The normalized spacial score (nSPS) is 17.8. The quantitative estimate of drug-likeness (QED) is 0.853. The second-order valence-corrected chi connectivity index (χ2v) is 7.37. The maximum absolute atomic E-state index is 12.2. The van der Waals surface area contributed by atoms with Crippen molar-refractivity contribution in [3.63, 3.8) is 0 Å². The molecule has 0 aromatic carbocycles. The molecule has 3 N–H and O–H groups in total. The van der Waals surface area contributed by atoms with Crippen LogP contribution in [0.4, 0.5) is 0 Å². The summed E-state index contributed by atoms with van der Waals surface area (Å²) in [6.07, 6.45) is 5.85. The molecule has 7 heteroatoms. The largest absolute Gasteiger partial charge is 0.452 e. The van der Waals surface area contributed by atoms with Gasteiger partial charge in [-0.05, 0) is 34.7 Å². The molecule has 2 rings (SSSR count). The first kappa shape index (κ1) is 15.0. The Labute approximate surface area is 122 Å². The lowest BCUT2D eigenvalue weighted by Gasteiger charge is -2.21. The van der Waals surface area contributed by atoms with E-state index < -0.39 is 10.0 Å². The van der Waals surface area contributed by atoms with Crippen molar-refractivity contribution in [3.05, 3.63) is 16.5 Å².